The number of rotatable bonds is 3. The van der Waals surface area contributed by atoms with Gasteiger partial charge in [-0.2, -0.15) is 0 Å². The summed E-state index contributed by atoms with van der Waals surface area (Å²) in [4.78, 5) is 2.39. The molecule has 0 bridgehead atoms. The van der Waals surface area contributed by atoms with Crippen LogP contribution in [-0.2, 0) is 0 Å². The predicted molar refractivity (Wildman–Crippen MR) is 88.2 cm³/mol. The van der Waals surface area contributed by atoms with Gasteiger partial charge in [-0.25, -0.2) is 0 Å². The van der Waals surface area contributed by atoms with Crippen LogP contribution in [0.3, 0.4) is 0 Å². The van der Waals surface area contributed by atoms with E-state index in [4.69, 9.17) is 5.73 Å². The molecule has 1 aromatic carbocycles. The second kappa shape index (κ2) is 6.17. The molecule has 0 amide bonds. The molecule has 1 fully saturated rings. The van der Waals surface area contributed by atoms with Crippen molar-refractivity contribution in [3.05, 3.63) is 29.3 Å². The van der Waals surface area contributed by atoms with Crippen molar-refractivity contribution in [3.63, 3.8) is 0 Å². The maximum Gasteiger partial charge on any atom is 0.0393 e. The highest BCUT2D eigenvalue weighted by Crippen LogP contribution is 2.34. The lowest BCUT2D eigenvalue weighted by Gasteiger charge is -2.40. The Bertz CT molecular complexity index is 443. The average Bonchev–Trinajstić information content (AvgIpc) is 2.33. The molecule has 0 heterocycles. The molecule has 4 unspecified atom stereocenters. The summed E-state index contributed by atoms with van der Waals surface area (Å²) < 4.78 is 0. The highest BCUT2D eigenvalue weighted by atomic mass is 15.1. The minimum Gasteiger partial charge on any atom is -0.374 e. The van der Waals surface area contributed by atoms with Gasteiger partial charge in [-0.05, 0) is 56.1 Å². The molecule has 20 heavy (non-hydrogen) atoms. The third-order valence-electron chi connectivity index (χ3n) is 4.98. The summed E-state index contributed by atoms with van der Waals surface area (Å²) in [7, 11) is 2.20. The molecule has 1 aliphatic carbocycles. The number of aryl methyl sites for hydroxylation is 2. The molecule has 112 valence electrons. The molecule has 2 heteroatoms. The summed E-state index contributed by atoms with van der Waals surface area (Å²) in [6.45, 7) is 10.1. The molecule has 2 N–H and O–H groups in total. The molecule has 1 saturated carbocycles. The molecule has 1 aliphatic rings. The molecule has 0 radical (unpaired) electrons. The van der Waals surface area contributed by atoms with Crippen molar-refractivity contribution in [3.8, 4) is 0 Å². The SMILES string of the molecule is Cc1ccc(N(C)CC2C(C)CC(C)CC2N)c(C)c1. The lowest BCUT2D eigenvalue weighted by atomic mass is 9.72. The normalized spacial score (nSPS) is 30.3. The Morgan fingerprint density at radius 2 is 1.90 bits per heavy atom. The Morgan fingerprint density at radius 1 is 1.20 bits per heavy atom. The summed E-state index contributed by atoms with van der Waals surface area (Å²) in [5.41, 5.74) is 10.5. The number of nitrogens with two attached hydrogens (primary N) is 1. The molecule has 4 atom stereocenters. The van der Waals surface area contributed by atoms with Crippen molar-refractivity contribution in [1.82, 2.24) is 0 Å². The van der Waals surface area contributed by atoms with E-state index in [1.54, 1.807) is 0 Å². The highest BCUT2D eigenvalue weighted by molar-refractivity contribution is 5.53. The first kappa shape index (κ1) is 15.4. The van der Waals surface area contributed by atoms with Crippen LogP contribution in [0.5, 0.6) is 0 Å². The number of nitrogens with zero attached hydrogens (tertiary/aromatic N) is 1. The molecular weight excluding hydrogens is 244 g/mol. The van der Waals surface area contributed by atoms with Crippen LogP contribution in [-0.4, -0.2) is 19.6 Å². The van der Waals surface area contributed by atoms with Gasteiger partial charge in [-0.3, -0.25) is 0 Å². The molecule has 0 spiro atoms. The van der Waals surface area contributed by atoms with Crippen LogP contribution in [0.15, 0.2) is 18.2 Å². The van der Waals surface area contributed by atoms with Crippen LogP contribution < -0.4 is 10.6 Å². The number of hydrogen-bond acceptors (Lipinski definition) is 2. The molecule has 2 nitrogen and oxygen atoms in total. The maximum absolute atomic E-state index is 6.42. The fraction of sp³-hybridized carbons (Fsp3) is 0.667. The molecule has 0 aromatic heterocycles. The second-order valence-electron chi connectivity index (χ2n) is 7.05. The lowest BCUT2D eigenvalue weighted by Crippen LogP contribution is -2.46. The van der Waals surface area contributed by atoms with Gasteiger partial charge in [0.2, 0.25) is 0 Å². The van der Waals surface area contributed by atoms with Crippen LogP contribution >= 0.6 is 0 Å². The van der Waals surface area contributed by atoms with Gasteiger partial charge in [0.15, 0.2) is 0 Å². The Morgan fingerprint density at radius 3 is 2.50 bits per heavy atom. The van der Waals surface area contributed by atoms with E-state index < -0.39 is 0 Å². The summed E-state index contributed by atoms with van der Waals surface area (Å²) in [6, 6.07) is 7.05. The Balaban J connectivity index is 2.08. The van der Waals surface area contributed by atoms with Crippen LogP contribution in [0.25, 0.3) is 0 Å². The first-order valence-electron chi connectivity index (χ1n) is 7.92. The van der Waals surface area contributed by atoms with E-state index in [0.29, 0.717) is 12.0 Å². The van der Waals surface area contributed by atoms with Crippen molar-refractivity contribution in [1.29, 1.82) is 0 Å². The van der Waals surface area contributed by atoms with Crippen molar-refractivity contribution in [2.24, 2.45) is 23.5 Å². The van der Waals surface area contributed by atoms with Crippen molar-refractivity contribution in [2.45, 2.75) is 46.6 Å². The van der Waals surface area contributed by atoms with Gasteiger partial charge >= 0.3 is 0 Å². The fourth-order valence-corrected chi connectivity index (χ4v) is 3.93. The molecule has 0 aliphatic heterocycles. The number of hydrogen-bond donors (Lipinski definition) is 1. The smallest absolute Gasteiger partial charge is 0.0393 e. The van der Waals surface area contributed by atoms with Gasteiger partial charge in [-0.1, -0.05) is 31.5 Å². The van der Waals surface area contributed by atoms with Gasteiger partial charge in [0.05, 0.1) is 0 Å². The topological polar surface area (TPSA) is 29.3 Å². The first-order chi connectivity index (χ1) is 9.38. The van der Waals surface area contributed by atoms with E-state index in [0.717, 1.165) is 18.4 Å². The first-order valence-corrected chi connectivity index (χ1v) is 7.92. The zero-order valence-electron chi connectivity index (χ0n) is 13.7. The van der Waals surface area contributed by atoms with Crippen LogP contribution in [0, 0.1) is 31.6 Å². The van der Waals surface area contributed by atoms with Gasteiger partial charge < -0.3 is 10.6 Å². The quantitative estimate of drug-likeness (QED) is 0.909. The molecule has 1 aromatic rings. The highest BCUT2D eigenvalue weighted by Gasteiger charge is 2.32. The third-order valence-corrected chi connectivity index (χ3v) is 4.98. The van der Waals surface area contributed by atoms with E-state index in [1.807, 2.05) is 0 Å². The van der Waals surface area contributed by atoms with Crippen LogP contribution in [0.1, 0.15) is 37.8 Å². The summed E-state index contributed by atoms with van der Waals surface area (Å²) in [6.07, 6.45) is 2.49. The minimum atomic E-state index is 0.349. The Hall–Kier alpha value is -1.02. The number of anilines is 1. The van der Waals surface area contributed by atoms with E-state index in [9.17, 15) is 0 Å². The second-order valence-corrected chi connectivity index (χ2v) is 7.05. The van der Waals surface area contributed by atoms with E-state index in [2.05, 4.69) is 57.8 Å². The van der Waals surface area contributed by atoms with Crippen molar-refractivity contribution < 1.29 is 0 Å². The number of benzene rings is 1. The van der Waals surface area contributed by atoms with Crippen LogP contribution in [0.4, 0.5) is 5.69 Å². The van der Waals surface area contributed by atoms with Gasteiger partial charge in [0.25, 0.3) is 0 Å². The largest absolute Gasteiger partial charge is 0.374 e. The van der Waals surface area contributed by atoms with Gasteiger partial charge in [0.1, 0.15) is 0 Å². The van der Waals surface area contributed by atoms with Crippen molar-refractivity contribution in [2.75, 3.05) is 18.5 Å². The minimum absolute atomic E-state index is 0.349. The lowest BCUT2D eigenvalue weighted by molar-refractivity contribution is 0.178. The maximum atomic E-state index is 6.42. The molecule has 0 saturated heterocycles. The monoisotopic (exact) mass is 274 g/mol. The predicted octanol–water partition coefficient (Wildman–Crippen LogP) is 3.75. The summed E-state index contributed by atoms with van der Waals surface area (Å²) in [5, 5.41) is 0. The standard InChI is InChI=1S/C18H30N2/c1-12-6-7-18(15(4)8-12)20(5)11-16-14(3)9-13(2)10-17(16)19/h6-8,13-14,16-17H,9-11,19H2,1-5H3. The summed E-state index contributed by atoms with van der Waals surface area (Å²) >= 11 is 0. The van der Waals surface area contributed by atoms with Gasteiger partial charge in [-0.15, -0.1) is 0 Å². The zero-order valence-corrected chi connectivity index (χ0v) is 13.7. The van der Waals surface area contributed by atoms with Gasteiger partial charge in [0, 0.05) is 25.3 Å². The summed E-state index contributed by atoms with van der Waals surface area (Å²) in [5.74, 6) is 2.11. The van der Waals surface area contributed by atoms with E-state index >= 15 is 0 Å². The zero-order chi connectivity index (χ0) is 14.9. The van der Waals surface area contributed by atoms with E-state index in [-0.39, 0.29) is 0 Å². The fourth-order valence-electron chi connectivity index (χ4n) is 3.93. The van der Waals surface area contributed by atoms with E-state index in [1.165, 1.54) is 29.7 Å². The molecular formula is C18H30N2. The third kappa shape index (κ3) is 3.35. The Labute approximate surface area is 124 Å². The average molecular weight is 274 g/mol. The van der Waals surface area contributed by atoms with Crippen LogP contribution in [0.2, 0.25) is 0 Å². The van der Waals surface area contributed by atoms with Crippen molar-refractivity contribution >= 4 is 5.69 Å². The Kier molecular flexibility index (Phi) is 4.74. The molecule has 2 rings (SSSR count).